The van der Waals surface area contributed by atoms with Gasteiger partial charge in [-0.1, -0.05) is 33.1 Å². The zero-order valence-corrected chi connectivity index (χ0v) is 12.5. The summed E-state index contributed by atoms with van der Waals surface area (Å²) in [5.74, 6) is 2.41. The highest BCUT2D eigenvalue weighted by Gasteiger charge is 2.31. The summed E-state index contributed by atoms with van der Waals surface area (Å²) in [6.07, 6.45) is 11.9. The van der Waals surface area contributed by atoms with Gasteiger partial charge in [0, 0.05) is 0 Å². The summed E-state index contributed by atoms with van der Waals surface area (Å²) >= 11 is 0. The molecule has 0 bridgehead atoms. The molecule has 2 nitrogen and oxygen atoms in total. The molecule has 0 spiro atoms. The first-order valence-corrected chi connectivity index (χ1v) is 8.07. The third kappa shape index (κ3) is 4.10. The highest BCUT2D eigenvalue weighted by Crippen LogP contribution is 2.42. The van der Waals surface area contributed by atoms with E-state index in [1.807, 2.05) is 12.5 Å². The number of rotatable bonds is 7. The minimum absolute atomic E-state index is 0.702. The van der Waals surface area contributed by atoms with Crippen LogP contribution in [-0.2, 0) is 0 Å². The summed E-state index contributed by atoms with van der Waals surface area (Å²) in [5.41, 5.74) is 1.42. The van der Waals surface area contributed by atoms with Crippen LogP contribution in [0.5, 0.6) is 0 Å². The Hall–Kier alpha value is -0.760. The molecule has 1 aliphatic carbocycles. The van der Waals surface area contributed by atoms with Crippen molar-refractivity contribution in [1.29, 1.82) is 0 Å². The molecule has 0 radical (unpaired) electrons. The van der Waals surface area contributed by atoms with E-state index in [4.69, 9.17) is 4.42 Å². The van der Waals surface area contributed by atoms with Crippen LogP contribution in [0.15, 0.2) is 23.0 Å². The van der Waals surface area contributed by atoms with Gasteiger partial charge in [-0.05, 0) is 61.7 Å². The van der Waals surface area contributed by atoms with E-state index in [1.165, 1.54) is 50.6 Å². The molecule has 1 aromatic rings. The second kappa shape index (κ2) is 7.74. The molecule has 1 fully saturated rings. The van der Waals surface area contributed by atoms with Crippen LogP contribution < -0.4 is 5.32 Å². The summed E-state index contributed by atoms with van der Waals surface area (Å²) in [7, 11) is 0. The van der Waals surface area contributed by atoms with Crippen molar-refractivity contribution < 1.29 is 4.42 Å². The lowest BCUT2D eigenvalue weighted by molar-refractivity contribution is 0.220. The third-order valence-corrected chi connectivity index (χ3v) is 4.60. The fraction of sp³-hybridized carbons (Fsp3) is 0.765. The van der Waals surface area contributed by atoms with Crippen LogP contribution in [0.4, 0.5) is 0 Å². The van der Waals surface area contributed by atoms with Crippen LogP contribution in [0.25, 0.3) is 0 Å². The Morgan fingerprint density at radius 3 is 2.84 bits per heavy atom. The zero-order valence-electron chi connectivity index (χ0n) is 12.5. The van der Waals surface area contributed by atoms with Crippen LogP contribution in [-0.4, -0.2) is 13.1 Å². The topological polar surface area (TPSA) is 25.2 Å². The molecule has 0 aromatic carbocycles. The third-order valence-electron chi connectivity index (χ3n) is 4.60. The molecule has 1 aliphatic rings. The van der Waals surface area contributed by atoms with Gasteiger partial charge in [0.25, 0.3) is 0 Å². The first kappa shape index (κ1) is 14.6. The maximum atomic E-state index is 5.32. The minimum Gasteiger partial charge on any atom is -0.472 e. The van der Waals surface area contributed by atoms with Gasteiger partial charge in [0.2, 0.25) is 0 Å². The Morgan fingerprint density at radius 2 is 2.16 bits per heavy atom. The molecule has 0 aliphatic heterocycles. The second-order valence-corrected chi connectivity index (χ2v) is 6.10. The van der Waals surface area contributed by atoms with Gasteiger partial charge in [-0.2, -0.15) is 0 Å². The summed E-state index contributed by atoms with van der Waals surface area (Å²) in [6.45, 7) is 6.86. The van der Waals surface area contributed by atoms with Gasteiger partial charge in [0.1, 0.15) is 0 Å². The van der Waals surface area contributed by atoms with E-state index in [1.54, 1.807) is 0 Å². The molecular weight excluding hydrogens is 234 g/mol. The van der Waals surface area contributed by atoms with Crippen LogP contribution in [0.1, 0.15) is 63.9 Å². The van der Waals surface area contributed by atoms with E-state index < -0.39 is 0 Å². The monoisotopic (exact) mass is 263 g/mol. The predicted molar refractivity (Wildman–Crippen MR) is 80.3 cm³/mol. The highest BCUT2D eigenvalue weighted by molar-refractivity contribution is 5.15. The Balaban J connectivity index is 1.96. The Bertz CT molecular complexity index is 333. The van der Waals surface area contributed by atoms with Gasteiger partial charge in [-0.3, -0.25) is 0 Å². The molecular formula is C17H29NO. The summed E-state index contributed by atoms with van der Waals surface area (Å²) < 4.78 is 5.32. The molecule has 0 amide bonds. The van der Waals surface area contributed by atoms with Gasteiger partial charge >= 0.3 is 0 Å². The summed E-state index contributed by atoms with van der Waals surface area (Å²) in [5, 5.41) is 3.61. The van der Waals surface area contributed by atoms with Crippen molar-refractivity contribution in [3.63, 3.8) is 0 Å². The quantitative estimate of drug-likeness (QED) is 0.728. The van der Waals surface area contributed by atoms with Gasteiger partial charge in [-0.25, -0.2) is 0 Å². The fourth-order valence-corrected chi connectivity index (χ4v) is 3.59. The van der Waals surface area contributed by atoms with Crippen LogP contribution in [0.2, 0.25) is 0 Å². The highest BCUT2D eigenvalue weighted by atomic mass is 16.3. The molecule has 1 heterocycles. The van der Waals surface area contributed by atoms with E-state index >= 15 is 0 Å². The lowest BCUT2D eigenvalue weighted by atomic mass is 9.70. The fourth-order valence-electron chi connectivity index (χ4n) is 3.59. The van der Waals surface area contributed by atoms with E-state index in [0.717, 1.165) is 18.4 Å². The predicted octanol–water partition coefficient (Wildman–Crippen LogP) is 4.58. The van der Waals surface area contributed by atoms with Crippen LogP contribution in [0, 0.1) is 11.8 Å². The lowest BCUT2D eigenvalue weighted by Crippen LogP contribution is -2.32. The Labute approximate surface area is 118 Å². The average Bonchev–Trinajstić information content (AvgIpc) is 2.94. The molecule has 1 N–H and O–H groups in total. The second-order valence-electron chi connectivity index (χ2n) is 6.10. The van der Waals surface area contributed by atoms with E-state index in [9.17, 15) is 0 Å². The van der Waals surface area contributed by atoms with Crippen molar-refractivity contribution in [2.24, 2.45) is 11.8 Å². The van der Waals surface area contributed by atoms with Crippen molar-refractivity contribution in [3.8, 4) is 0 Å². The van der Waals surface area contributed by atoms with Crippen molar-refractivity contribution >= 4 is 0 Å². The first-order valence-electron chi connectivity index (χ1n) is 8.07. The van der Waals surface area contributed by atoms with Crippen LogP contribution in [0.3, 0.4) is 0 Å². The van der Waals surface area contributed by atoms with E-state index in [2.05, 4.69) is 25.2 Å². The van der Waals surface area contributed by atoms with Crippen molar-refractivity contribution in [2.75, 3.05) is 13.1 Å². The molecule has 19 heavy (non-hydrogen) atoms. The van der Waals surface area contributed by atoms with E-state index in [0.29, 0.717) is 5.92 Å². The Morgan fingerprint density at radius 1 is 1.26 bits per heavy atom. The SMILES string of the molecule is CCCNCC1CCC(CCC)CC1c1ccoc1. The molecule has 2 heteroatoms. The molecule has 3 atom stereocenters. The van der Waals surface area contributed by atoms with Crippen molar-refractivity contribution in [2.45, 2.75) is 58.3 Å². The van der Waals surface area contributed by atoms with Gasteiger partial charge in [-0.15, -0.1) is 0 Å². The summed E-state index contributed by atoms with van der Waals surface area (Å²) in [6, 6.07) is 2.17. The lowest BCUT2D eigenvalue weighted by Gasteiger charge is -2.36. The molecule has 0 saturated heterocycles. The molecule has 3 unspecified atom stereocenters. The number of nitrogens with one attached hydrogen (secondary N) is 1. The molecule has 1 saturated carbocycles. The molecule has 2 rings (SSSR count). The zero-order chi connectivity index (χ0) is 13.5. The molecule has 1 aromatic heterocycles. The number of furan rings is 1. The van der Waals surface area contributed by atoms with E-state index in [-0.39, 0.29) is 0 Å². The first-order chi connectivity index (χ1) is 9.35. The van der Waals surface area contributed by atoms with Crippen LogP contribution >= 0.6 is 0 Å². The largest absolute Gasteiger partial charge is 0.472 e. The smallest absolute Gasteiger partial charge is 0.0937 e. The van der Waals surface area contributed by atoms with Crippen molar-refractivity contribution in [3.05, 3.63) is 24.2 Å². The maximum Gasteiger partial charge on any atom is 0.0937 e. The van der Waals surface area contributed by atoms with Gasteiger partial charge in [0.15, 0.2) is 0 Å². The van der Waals surface area contributed by atoms with Gasteiger partial charge in [0.05, 0.1) is 12.5 Å². The Kier molecular flexibility index (Phi) is 5.96. The standard InChI is InChI=1S/C17H29NO/c1-3-5-14-6-7-15(12-18-9-4-2)17(11-14)16-8-10-19-13-16/h8,10,13-15,17-18H,3-7,9,11-12H2,1-2H3. The maximum absolute atomic E-state index is 5.32. The molecule has 108 valence electrons. The van der Waals surface area contributed by atoms with Crippen molar-refractivity contribution in [1.82, 2.24) is 5.32 Å². The summed E-state index contributed by atoms with van der Waals surface area (Å²) in [4.78, 5) is 0. The average molecular weight is 263 g/mol. The number of hydrogen-bond acceptors (Lipinski definition) is 2. The number of hydrogen-bond donors (Lipinski definition) is 1. The normalized spacial score (nSPS) is 27.6. The minimum atomic E-state index is 0.702. The van der Waals surface area contributed by atoms with Gasteiger partial charge < -0.3 is 9.73 Å².